The molecule has 0 bridgehead atoms. The van der Waals surface area contributed by atoms with E-state index in [1.54, 1.807) is 10.9 Å². The van der Waals surface area contributed by atoms with Crippen LogP contribution in [0.25, 0.3) is 0 Å². The highest BCUT2D eigenvalue weighted by Gasteiger charge is 2.05. The van der Waals surface area contributed by atoms with Crippen molar-refractivity contribution >= 4 is 5.69 Å². The van der Waals surface area contributed by atoms with Gasteiger partial charge < -0.3 is 10.4 Å². The lowest BCUT2D eigenvalue weighted by molar-refractivity contribution is 0.161. The van der Waals surface area contributed by atoms with Crippen LogP contribution in [0.4, 0.5) is 5.69 Å². The number of nitrogens with zero attached hydrogens (tertiary/aromatic N) is 2. The van der Waals surface area contributed by atoms with Crippen LogP contribution in [0.15, 0.2) is 42.7 Å². The fourth-order valence-corrected chi connectivity index (χ4v) is 2.09. The van der Waals surface area contributed by atoms with E-state index < -0.39 is 6.10 Å². The van der Waals surface area contributed by atoms with Gasteiger partial charge in [0, 0.05) is 24.6 Å². The molecule has 0 spiro atoms. The molecular weight excluding hydrogens is 250 g/mol. The first-order chi connectivity index (χ1) is 9.78. The van der Waals surface area contributed by atoms with Gasteiger partial charge in [0.25, 0.3) is 0 Å². The maximum absolute atomic E-state index is 9.93. The van der Waals surface area contributed by atoms with Crippen molar-refractivity contribution in [3.8, 4) is 0 Å². The highest BCUT2D eigenvalue weighted by molar-refractivity contribution is 5.44. The van der Waals surface area contributed by atoms with Crippen LogP contribution >= 0.6 is 0 Å². The van der Waals surface area contributed by atoms with Gasteiger partial charge in [-0.2, -0.15) is 5.10 Å². The molecule has 0 aliphatic heterocycles. The van der Waals surface area contributed by atoms with Crippen molar-refractivity contribution in [3.05, 3.63) is 48.3 Å². The zero-order chi connectivity index (χ0) is 14.2. The molecular formula is C16H23N3O. The highest BCUT2D eigenvalue weighted by atomic mass is 16.3. The second-order valence-corrected chi connectivity index (χ2v) is 5.06. The number of aliphatic hydroxyl groups excluding tert-OH is 1. The van der Waals surface area contributed by atoms with Crippen LogP contribution in [-0.4, -0.2) is 27.5 Å². The molecule has 2 N–H and O–H groups in total. The minimum atomic E-state index is -0.449. The van der Waals surface area contributed by atoms with Crippen molar-refractivity contribution in [1.82, 2.24) is 9.78 Å². The van der Waals surface area contributed by atoms with E-state index >= 15 is 0 Å². The summed E-state index contributed by atoms with van der Waals surface area (Å²) < 4.78 is 1.74. The lowest BCUT2D eigenvalue weighted by Gasteiger charge is -2.13. The zero-order valence-corrected chi connectivity index (χ0v) is 12.0. The summed E-state index contributed by atoms with van der Waals surface area (Å²) in [6.07, 6.45) is 6.71. The fraction of sp³-hybridized carbons (Fsp3) is 0.438. The summed E-state index contributed by atoms with van der Waals surface area (Å²) in [5, 5.41) is 17.3. The molecule has 108 valence electrons. The Hall–Kier alpha value is -1.81. The van der Waals surface area contributed by atoms with E-state index in [1.165, 1.54) is 18.4 Å². The second-order valence-electron chi connectivity index (χ2n) is 5.06. The molecule has 0 aliphatic carbocycles. The molecule has 1 aromatic carbocycles. The normalized spacial score (nSPS) is 12.3. The van der Waals surface area contributed by atoms with E-state index in [-0.39, 0.29) is 0 Å². The lowest BCUT2D eigenvalue weighted by Crippen LogP contribution is -2.25. The highest BCUT2D eigenvalue weighted by Crippen LogP contribution is 2.11. The average molecular weight is 273 g/mol. The molecule has 0 saturated heterocycles. The summed E-state index contributed by atoms with van der Waals surface area (Å²) in [7, 11) is 0. The predicted octanol–water partition coefficient (Wildman–Crippen LogP) is 2.70. The summed E-state index contributed by atoms with van der Waals surface area (Å²) in [5.41, 5.74) is 2.42. The molecule has 0 aliphatic rings. The Morgan fingerprint density at radius 1 is 1.30 bits per heavy atom. The van der Waals surface area contributed by atoms with Crippen molar-refractivity contribution < 1.29 is 5.11 Å². The van der Waals surface area contributed by atoms with Gasteiger partial charge in [-0.15, -0.1) is 0 Å². The predicted molar refractivity (Wildman–Crippen MR) is 81.8 cm³/mol. The Labute approximate surface area is 120 Å². The van der Waals surface area contributed by atoms with Crippen molar-refractivity contribution in [3.63, 3.8) is 0 Å². The number of aliphatic hydroxyl groups is 1. The van der Waals surface area contributed by atoms with Crippen LogP contribution in [0.1, 0.15) is 25.3 Å². The van der Waals surface area contributed by atoms with E-state index in [4.69, 9.17) is 0 Å². The number of unbranched alkanes of at least 4 members (excludes halogenated alkanes) is 1. The zero-order valence-electron chi connectivity index (χ0n) is 12.0. The molecule has 1 unspecified atom stereocenters. The molecule has 2 aromatic rings. The van der Waals surface area contributed by atoms with E-state index in [0.29, 0.717) is 13.1 Å². The third-order valence-electron chi connectivity index (χ3n) is 3.27. The first-order valence-corrected chi connectivity index (χ1v) is 7.26. The molecule has 0 saturated carbocycles. The van der Waals surface area contributed by atoms with Gasteiger partial charge >= 0.3 is 0 Å². The fourth-order valence-electron chi connectivity index (χ4n) is 2.09. The van der Waals surface area contributed by atoms with E-state index in [0.717, 1.165) is 12.1 Å². The molecule has 4 nitrogen and oxygen atoms in total. The van der Waals surface area contributed by atoms with Gasteiger partial charge in [-0.05, 0) is 36.6 Å². The lowest BCUT2D eigenvalue weighted by atomic mass is 10.1. The van der Waals surface area contributed by atoms with Gasteiger partial charge in [0.15, 0.2) is 0 Å². The van der Waals surface area contributed by atoms with Crippen LogP contribution in [0, 0.1) is 0 Å². The molecule has 1 aromatic heterocycles. The van der Waals surface area contributed by atoms with Gasteiger partial charge in [-0.1, -0.05) is 25.5 Å². The summed E-state index contributed by atoms with van der Waals surface area (Å²) >= 11 is 0. The monoisotopic (exact) mass is 273 g/mol. The molecule has 2 rings (SSSR count). The number of anilines is 1. The van der Waals surface area contributed by atoms with Crippen LogP contribution in [-0.2, 0) is 13.0 Å². The number of rotatable bonds is 8. The van der Waals surface area contributed by atoms with Crippen LogP contribution in [0.5, 0.6) is 0 Å². The number of aromatic nitrogens is 2. The van der Waals surface area contributed by atoms with Crippen LogP contribution in [0.3, 0.4) is 0 Å². The topological polar surface area (TPSA) is 50.1 Å². The number of hydrogen-bond acceptors (Lipinski definition) is 3. The minimum absolute atomic E-state index is 0.449. The SMILES string of the molecule is CCCCc1ccc(NCC(O)Cn2cccn2)cc1. The standard InChI is InChI=1S/C16H23N3O/c1-2-3-5-14-6-8-15(9-7-14)17-12-16(20)13-19-11-4-10-18-19/h4,6-11,16-17,20H,2-3,5,12-13H2,1H3. The summed E-state index contributed by atoms with van der Waals surface area (Å²) in [5.74, 6) is 0. The Balaban J connectivity index is 1.75. The summed E-state index contributed by atoms with van der Waals surface area (Å²) in [6.45, 7) is 3.24. The number of benzene rings is 1. The third kappa shape index (κ3) is 4.70. The molecule has 1 atom stereocenters. The van der Waals surface area contributed by atoms with Gasteiger partial charge in [0.1, 0.15) is 0 Å². The van der Waals surface area contributed by atoms with Gasteiger partial charge in [0.2, 0.25) is 0 Å². The summed E-state index contributed by atoms with van der Waals surface area (Å²) in [4.78, 5) is 0. The smallest absolute Gasteiger partial charge is 0.0907 e. The third-order valence-corrected chi connectivity index (χ3v) is 3.27. The maximum Gasteiger partial charge on any atom is 0.0907 e. The van der Waals surface area contributed by atoms with Gasteiger partial charge in [-0.25, -0.2) is 0 Å². The molecule has 0 fully saturated rings. The number of nitrogens with one attached hydrogen (secondary N) is 1. The number of hydrogen-bond donors (Lipinski definition) is 2. The molecule has 0 amide bonds. The first kappa shape index (κ1) is 14.6. The Morgan fingerprint density at radius 2 is 2.10 bits per heavy atom. The van der Waals surface area contributed by atoms with Crippen molar-refractivity contribution in [1.29, 1.82) is 0 Å². The molecule has 1 heterocycles. The van der Waals surface area contributed by atoms with Crippen molar-refractivity contribution in [2.45, 2.75) is 38.8 Å². The van der Waals surface area contributed by atoms with Crippen molar-refractivity contribution in [2.75, 3.05) is 11.9 Å². The van der Waals surface area contributed by atoms with E-state index in [1.807, 2.05) is 12.3 Å². The van der Waals surface area contributed by atoms with E-state index in [2.05, 4.69) is 41.6 Å². The second kappa shape index (κ2) is 7.70. The maximum atomic E-state index is 9.93. The van der Waals surface area contributed by atoms with Crippen molar-refractivity contribution in [2.24, 2.45) is 0 Å². The van der Waals surface area contributed by atoms with Crippen LogP contribution in [0.2, 0.25) is 0 Å². The van der Waals surface area contributed by atoms with E-state index in [9.17, 15) is 5.11 Å². The molecule has 20 heavy (non-hydrogen) atoms. The Bertz CT molecular complexity index is 479. The largest absolute Gasteiger partial charge is 0.389 e. The summed E-state index contributed by atoms with van der Waals surface area (Å²) in [6, 6.07) is 10.3. The quantitative estimate of drug-likeness (QED) is 0.777. The molecule has 0 radical (unpaired) electrons. The Kier molecular flexibility index (Phi) is 5.62. The van der Waals surface area contributed by atoms with Gasteiger partial charge in [-0.3, -0.25) is 4.68 Å². The minimum Gasteiger partial charge on any atom is -0.389 e. The number of aryl methyl sites for hydroxylation is 1. The molecule has 4 heteroatoms. The van der Waals surface area contributed by atoms with Crippen LogP contribution < -0.4 is 5.32 Å². The Morgan fingerprint density at radius 3 is 2.75 bits per heavy atom. The first-order valence-electron chi connectivity index (χ1n) is 7.26. The average Bonchev–Trinajstić information content (AvgIpc) is 2.97. The van der Waals surface area contributed by atoms with Gasteiger partial charge in [0.05, 0.1) is 12.6 Å².